The summed E-state index contributed by atoms with van der Waals surface area (Å²) in [5.74, 6) is -1.06. The number of amides is 2. The Labute approximate surface area is 108 Å². The number of hydrogen-bond donors (Lipinski definition) is 3. The van der Waals surface area contributed by atoms with E-state index in [2.05, 4.69) is 10.6 Å². The van der Waals surface area contributed by atoms with Crippen LogP contribution in [0.5, 0.6) is 0 Å². The summed E-state index contributed by atoms with van der Waals surface area (Å²) in [6.07, 6.45) is 3.69. The molecule has 1 saturated carbocycles. The minimum atomic E-state index is -0.758. The van der Waals surface area contributed by atoms with Gasteiger partial charge in [0.1, 0.15) is 0 Å². The number of urea groups is 1. The third-order valence-corrected chi connectivity index (χ3v) is 4.09. The summed E-state index contributed by atoms with van der Waals surface area (Å²) in [7, 11) is 0. The lowest BCUT2D eigenvalue weighted by atomic mass is 9.96. The molecule has 0 spiro atoms. The molecule has 0 aliphatic heterocycles. The van der Waals surface area contributed by atoms with Crippen LogP contribution >= 0.6 is 0 Å². The van der Waals surface area contributed by atoms with Gasteiger partial charge in [0, 0.05) is 11.6 Å². The summed E-state index contributed by atoms with van der Waals surface area (Å²) in [4.78, 5) is 22.7. The van der Waals surface area contributed by atoms with Gasteiger partial charge in [-0.1, -0.05) is 13.8 Å². The smallest absolute Gasteiger partial charge is 0.315 e. The van der Waals surface area contributed by atoms with Gasteiger partial charge in [-0.2, -0.15) is 0 Å². The number of nitrogens with one attached hydrogen (secondary N) is 2. The Hall–Kier alpha value is -1.26. The highest BCUT2D eigenvalue weighted by atomic mass is 16.4. The first kappa shape index (κ1) is 14.8. The van der Waals surface area contributed by atoms with Gasteiger partial charge < -0.3 is 15.7 Å². The van der Waals surface area contributed by atoms with E-state index in [0.29, 0.717) is 12.8 Å². The van der Waals surface area contributed by atoms with Gasteiger partial charge in [0.15, 0.2) is 0 Å². The minimum absolute atomic E-state index is 0.0101. The number of carbonyl (C=O) groups excluding carboxylic acids is 1. The third kappa shape index (κ3) is 3.89. The second-order valence-electron chi connectivity index (χ2n) is 5.41. The van der Waals surface area contributed by atoms with Crippen LogP contribution in [0.1, 0.15) is 52.9 Å². The van der Waals surface area contributed by atoms with Crippen molar-refractivity contribution in [2.45, 2.75) is 64.5 Å². The van der Waals surface area contributed by atoms with Gasteiger partial charge in [0.2, 0.25) is 0 Å². The van der Waals surface area contributed by atoms with Crippen LogP contribution < -0.4 is 10.6 Å². The van der Waals surface area contributed by atoms with Gasteiger partial charge in [0.05, 0.1) is 5.92 Å². The highest BCUT2D eigenvalue weighted by Gasteiger charge is 2.31. The summed E-state index contributed by atoms with van der Waals surface area (Å²) in [6.45, 7) is 6.10. The van der Waals surface area contributed by atoms with Crippen molar-refractivity contribution in [3.8, 4) is 0 Å². The first-order valence-corrected chi connectivity index (χ1v) is 6.71. The van der Waals surface area contributed by atoms with Crippen LogP contribution in [0, 0.1) is 5.92 Å². The molecule has 0 saturated heterocycles. The summed E-state index contributed by atoms with van der Waals surface area (Å²) in [5.41, 5.74) is -0.186. The Balaban J connectivity index is 2.40. The maximum absolute atomic E-state index is 11.8. The average molecular weight is 256 g/mol. The number of aliphatic carboxylic acids is 1. The molecule has 18 heavy (non-hydrogen) atoms. The zero-order chi connectivity index (χ0) is 13.8. The van der Waals surface area contributed by atoms with Gasteiger partial charge in [-0.05, 0) is 39.0 Å². The Bertz CT molecular complexity index is 313. The number of carboxylic acid groups (broad SMARTS) is 1. The van der Waals surface area contributed by atoms with E-state index in [1.165, 1.54) is 0 Å². The van der Waals surface area contributed by atoms with Crippen molar-refractivity contribution in [3.05, 3.63) is 0 Å². The van der Waals surface area contributed by atoms with E-state index in [1.54, 1.807) is 0 Å². The van der Waals surface area contributed by atoms with Crippen LogP contribution in [0.3, 0.4) is 0 Å². The lowest BCUT2D eigenvalue weighted by Crippen LogP contribution is -2.51. The molecule has 1 rings (SSSR count). The lowest BCUT2D eigenvalue weighted by molar-refractivity contribution is -0.141. The zero-order valence-corrected chi connectivity index (χ0v) is 11.5. The molecule has 0 heterocycles. The number of carbonyl (C=O) groups is 2. The Morgan fingerprint density at radius 2 is 1.89 bits per heavy atom. The predicted octanol–water partition coefficient (Wildman–Crippen LogP) is 2.12. The van der Waals surface area contributed by atoms with Crippen molar-refractivity contribution in [1.82, 2.24) is 10.6 Å². The van der Waals surface area contributed by atoms with E-state index in [0.717, 1.165) is 19.3 Å². The fraction of sp³-hybridized carbons (Fsp3) is 0.846. The molecule has 2 atom stereocenters. The van der Waals surface area contributed by atoms with Gasteiger partial charge in [0.25, 0.3) is 0 Å². The number of hydrogen-bond acceptors (Lipinski definition) is 2. The molecule has 104 valence electrons. The fourth-order valence-corrected chi connectivity index (χ4v) is 2.26. The molecule has 1 aliphatic carbocycles. The maximum atomic E-state index is 11.8. The first-order valence-electron chi connectivity index (χ1n) is 6.71. The summed E-state index contributed by atoms with van der Waals surface area (Å²) >= 11 is 0. The van der Waals surface area contributed by atoms with E-state index in [9.17, 15) is 9.59 Å². The highest BCUT2D eigenvalue weighted by Crippen LogP contribution is 2.25. The predicted molar refractivity (Wildman–Crippen MR) is 69.4 cm³/mol. The molecule has 0 bridgehead atoms. The number of carboxylic acids is 1. The van der Waals surface area contributed by atoms with Crippen LogP contribution in [0.2, 0.25) is 0 Å². The molecule has 0 aromatic rings. The molecular formula is C13H24N2O3. The zero-order valence-electron chi connectivity index (χ0n) is 11.5. The van der Waals surface area contributed by atoms with Crippen molar-refractivity contribution < 1.29 is 14.7 Å². The standard InChI is InChI=1S/C13H24N2O3/c1-4-13(3,5-2)15-12(18)14-10-7-6-9(8-10)11(16)17/h9-10H,4-8H2,1-3H3,(H,16,17)(H2,14,15,18). The molecule has 1 aliphatic rings. The van der Waals surface area contributed by atoms with Crippen LogP contribution in [0.15, 0.2) is 0 Å². The first-order chi connectivity index (χ1) is 8.40. The van der Waals surface area contributed by atoms with Gasteiger partial charge >= 0.3 is 12.0 Å². The van der Waals surface area contributed by atoms with E-state index < -0.39 is 5.97 Å². The van der Waals surface area contributed by atoms with Crippen LogP contribution in [-0.4, -0.2) is 28.7 Å². The average Bonchev–Trinajstić information content (AvgIpc) is 2.77. The molecule has 2 unspecified atom stereocenters. The van der Waals surface area contributed by atoms with Crippen molar-refractivity contribution >= 4 is 12.0 Å². The summed E-state index contributed by atoms with van der Waals surface area (Å²) in [6, 6.07) is -0.193. The highest BCUT2D eigenvalue weighted by molar-refractivity contribution is 5.75. The van der Waals surface area contributed by atoms with E-state index in [4.69, 9.17) is 5.11 Å². The number of rotatable bonds is 5. The molecule has 2 amide bonds. The largest absolute Gasteiger partial charge is 0.481 e. The van der Waals surface area contributed by atoms with E-state index in [1.807, 2.05) is 20.8 Å². The molecule has 3 N–H and O–H groups in total. The minimum Gasteiger partial charge on any atom is -0.481 e. The molecule has 0 aromatic carbocycles. The van der Waals surface area contributed by atoms with Crippen molar-refractivity contribution in [2.24, 2.45) is 5.92 Å². The molecular weight excluding hydrogens is 232 g/mol. The summed E-state index contributed by atoms with van der Waals surface area (Å²) in [5, 5.41) is 14.7. The molecule has 0 aromatic heterocycles. The maximum Gasteiger partial charge on any atom is 0.315 e. The second-order valence-corrected chi connectivity index (χ2v) is 5.41. The molecule has 5 heteroatoms. The quantitative estimate of drug-likeness (QED) is 0.705. The molecule has 5 nitrogen and oxygen atoms in total. The second kappa shape index (κ2) is 6.07. The topological polar surface area (TPSA) is 78.4 Å². The van der Waals surface area contributed by atoms with Crippen LogP contribution in [0.25, 0.3) is 0 Å². The van der Waals surface area contributed by atoms with E-state index >= 15 is 0 Å². The van der Waals surface area contributed by atoms with Gasteiger partial charge in [-0.15, -0.1) is 0 Å². The Morgan fingerprint density at radius 3 is 2.33 bits per heavy atom. The lowest BCUT2D eigenvalue weighted by Gasteiger charge is -2.29. The van der Waals surface area contributed by atoms with E-state index in [-0.39, 0.29) is 23.5 Å². The van der Waals surface area contributed by atoms with Crippen molar-refractivity contribution in [2.75, 3.05) is 0 Å². The van der Waals surface area contributed by atoms with Gasteiger partial charge in [-0.3, -0.25) is 4.79 Å². The fourth-order valence-electron chi connectivity index (χ4n) is 2.26. The third-order valence-electron chi connectivity index (χ3n) is 4.09. The van der Waals surface area contributed by atoms with Crippen LogP contribution in [0.4, 0.5) is 4.79 Å². The van der Waals surface area contributed by atoms with Gasteiger partial charge in [-0.25, -0.2) is 4.79 Å². The monoisotopic (exact) mass is 256 g/mol. The summed E-state index contributed by atoms with van der Waals surface area (Å²) < 4.78 is 0. The SMILES string of the molecule is CCC(C)(CC)NC(=O)NC1CCC(C(=O)O)C1. The Morgan fingerprint density at radius 1 is 1.28 bits per heavy atom. The molecule has 1 fully saturated rings. The normalized spacial score (nSPS) is 23.7. The Kier molecular flexibility index (Phi) is 4.99. The van der Waals surface area contributed by atoms with Crippen molar-refractivity contribution in [3.63, 3.8) is 0 Å². The van der Waals surface area contributed by atoms with Crippen LogP contribution in [-0.2, 0) is 4.79 Å². The van der Waals surface area contributed by atoms with Crippen molar-refractivity contribution in [1.29, 1.82) is 0 Å². The molecule has 0 radical (unpaired) electrons.